The monoisotopic (exact) mass is 309 g/mol. The summed E-state index contributed by atoms with van der Waals surface area (Å²) in [4.78, 5) is 31.0. The van der Waals surface area contributed by atoms with Gasteiger partial charge in [0.25, 0.3) is 0 Å². The van der Waals surface area contributed by atoms with E-state index in [9.17, 15) is 9.59 Å². The molecule has 0 aliphatic carbocycles. The van der Waals surface area contributed by atoms with Gasteiger partial charge in [0.1, 0.15) is 0 Å². The topological polar surface area (TPSA) is 84.1 Å². The zero-order chi connectivity index (χ0) is 16.2. The van der Waals surface area contributed by atoms with Crippen molar-refractivity contribution in [2.75, 3.05) is 11.9 Å². The molecule has 1 amide bonds. The predicted octanol–water partition coefficient (Wildman–Crippen LogP) is 3.36. The number of ether oxygens (including phenoxy) is 1. The van der Waals surface area contributed by atoms with Crippen molar-refractivity contribution in [3.05, 3.63) is 59.7 Å². The number of nitrogens with one attached hydrogen (secondary N) is 2. The van der Waals surface area contributed by atoms with Gasteiger partial charge in [0.2, 0.25) is 5.95 Å². The highest BCUT2D eigenvalue weighted by Crippen LogP contribution is 2.18. The molecule has 0 aliphatic heterocycles. The van der Waals surface area contributed by atoms with Crippen LogP contribution in [0.25, 0.3) is 11.0 Å². The Kier molecular flexibility index (Phi) is 4.05. The number of benzene rings is 2. The molecule has 2 N–H and O–H groups in total. The second-order valence-corrected chi connectivity index (χ2v) is 4.86. The summed E-state index contributed by atoms with van der Waals surface area (Å²) in [5.41, 5.74) is 2.49. The Morgan fingerprint density at radius 2 is 1.91 bits per heavy atom. The fraction of sp³-hybridized carbons (Fsp3) is 0.118. The van der Waals surface area contributed by atoms with E-state index in [2.05, 4.69) is 15.3 Å². The number of carbonyl (C=O) groups excluding carboxylic acids is 2. The minimum atomic E-state index is -0.577. The van der Waals surface area contributed by atoms with E-state index in [1.165, 1.54) is 0 Å². The molecule has 0 saturated carbocycles. The first kappa shape index (κ1) is 14.8. The summed E-state index contributed by atoms with van der Waals surface area (Å²) in [6, 6.07) is 14.2. The number of H-pyrrole nitrogens is 1. The van der Waals surface area contributed by atoms with E-state index in [0.29, 0.717) is 22.2 Å². The molecule has 116 valence electrons. The van der Waals surface area contributed by atoms with Crippen LogP contribution >= 0.6 is 0 Å². The molecule has 0 bridgehead atoms. The maximum atomic E-state index is 12.4. The van der Waals surface area contributed by atoms with Crippen LogP contribution in [0.5, 0.6) is 0 Å². The molecule has 1 heterocycles. The normalized spacial score (nSPS) is 10.5. The number of nitrogens with zero attached hydrogens (tertiary/aromatic N) is 1. The lowest BCUT2D eigenvalue weighted by Crippen LogP contribution is -2.14. The smallest absolute Gasteiger partial charge is 0.413 e. The fourth-order valence-corrected chi connectivity index (χ4v) is 2.23. The number of ketones is 1. The zero-order valence-corrected chi connectivity index (χ0v) is 12.5. The molecule has 6 nitrogen and oxygen atoms in total. The number of aromatic amines is 1. The van der Waals surface area contributed by atoms with E-state index in [1.54, 1.807) is 37.3 Å². The van der Waals surface area contributed by atoms with Gasteiger partial charge in [-0.15, -0.1) is 0 Å². The summed E-state index contributed by atoms with van der Waals surface area (Å²) < 4.78 is 4.80. The Morgan fingerprint density at radius 1 is 1.13 bits per heavy atom. The van der Waals surface area contributed by atoms with Crippen LogP contribution in [0.4, 0.5) is 10.7 Å². The van der Waals surface area contributed by atoms with E-state index in [0.717, 1.165) is 0 Å². The highest BCUT2D eigenvalue weighted by molar-refractivity contribution is 6.10. The Morgan fingerprint density at radius 3 is 2.65 bits per heavy atom. The number of aromatic nitrogens is 2. The van der Waals surface area contributed by atoms with E-state index in [-0.39, 0.29) is 18.3 Å². The Hall–Kier alpha value is -3.15. The van der Waals surface area contributed by atoms with Crippen LogP contribution < -0.4 is 5.32 Å². The van der Waals surface area contributed by atoms with E-state index in [1.807, 2.05) is 18.2 Å². The second kappa shape index (κ2) is 6.31. The fourth-order valence-electron chi connectivity index (χ4n) is 2.23. The summed E-state index contributed by atoms with van der Waals surface area (Å²) in [5.74, 6) is 0.213. The molecule has 1 aromatic heterocycles. The highest BCUT2D eigenvalue weighted by atomic mass is 16.5. The van der Waals surface area contributed by atoms with Gasteiger partial charge in [0.15, 0.2) is 5.78 Å². The molecule has 2 aromatic carbocycles. The SMILES string of the molecule is CCOC(=O)Nc1nc2ccc(C(=O)c3ccccc3)cc2[nH]1. The van der Waals surface area contributed by atoms with Crippen LogP contribution in [-0.2, 0) is 4.74 Å². The van der Waals surface area contributed by atoms with Gasteiger partial charge in [-0.3, -0.25) is 10.1 Å². The van der Waals surface area contributed by atoms with Gasteiger partial charge >= 0.3 is 6.09 Å². The lowest BCUT2D eigenvalue weighted by molar-refractivity contribution is 0.103. The lowest BCUT2D eigenvalue weighted by atomic mass is 10.0. The van der Waals surface area contributed by atoms with Crippen LogP contribution in [-0.4, -0.2) is 28.5 Å². The van der Waals surface area contributed by atoms with Crippen molar-refractivity contribution in [3.8, 4) is 0 Å². The molecule has 0 radical (unpaired) electrons. The summed E-state index contributed by atoms with van der Waals surface area (Å²) >= 11 is 0. The Bertz CT molecular complexity index is 856. The van der Waals surface area contributed by atoms with E-state index in [4.69, 9.17) is 4.74 Å². The molecule has 0 atom stereocenters. The summed E-state index contributed by atoms with van der Waals surface area (Å²) in [6.45, 7) is 2.00. The number of hydrogen-bond donors (Lipinski definition) is 2. The van der Waals surface area contributed by atoms with Gasteiger partial charge < -0.3 is 9.72 Å². The standard InChI is InChI=1S/C17H15N3O3/c1-2-23-17(22)20-16-18-13-9-8-12(10-14(13)19-16)15(21)11-6-4-3-5-7-11/h3-10H,2H2,1H3,(H2,18,19,20,22). The van der Waals surface area contributed by atoms with Crippen LogP contribution in [0.15, 0.2) is 48.5 Å². The van der Waals surface area contributed by atoms with Crippen molar-refractivity contribution in [1.82, 2.24) is 9.97 Å². The van der Waals surface area contributed by atoms with Gasteiger partial charge in [0, 0.05) is 11.1 Å². The number of fused-ring (bicyclic) bond motifs is 1. The first-order valence-corrected chi connectivity index (χ1v) is 7.20. The minimum absolute atomic E-state index is 0.0676. The van der Waals surface area contributed by atoms with Crippen molar-refractivity contribution in [1.29, 1.82) is 0 Å². The van der Waals surface area contributed by atoms with Gasteiger partial charge in [-0.25, -0.2) is 9.78 Å². The molecule has 6 heteroatoms. The zero-order valence-electron chi connectivity index (χ0n) is 12.5. The molecule has 23 heavy (non-hydrogen) atoms. The highest BCUT2D eigenvalue weighted by Gasteiger charge is 2.12. The van der Waals surface area contributed by atoms with Crippen LogP contribution in [0.2, 0.25) is 0 Å². The van der Waals surface area contributed by atoms with E-state index >= 15 is 0 Å². The number of imidazole rings is 1. The molecule has 0 fully saturated rings. The van der Waals surface area contributed by atoms with Crippen LogP contribution in [0, 0.1) is 0 Å². The third kappa shape index (κ3) is 3.21. The second-order valence-electron chi connectivity index (χ2n) is 4.86. The average Bonchev–Trinajstić information content (AvgIpc) is 2.96. The minimum Gasteiger partial charge on any atom is -0.450 e. The first-order chi connectivity index (χ1) is 11.2. The third-order valence-electron chi connectivity index (χ3n) is 3.28. The summed E-state index contributed by atoms with van der Waals surface area (Å²) in [7, 11) is 0. The maximum Gasteiger partial charge on any atom is 0.413 e. The number of carbonyl (C=O) groups is 2. The van der Waals surface area contributed by atoms with Crippen molar-refractivity contribution in [2.24, 2.45) is 0 Å². The third-order valence-corrected chi connectivity index (χ3v) is 3.28. The number of anilines is 1. The Labute approximate surface area is 132 Å². The van der Waals surface area contributed by atoms with Gasteiger partial charge in [-0.1, -0.05) is 30.3 Å². The molecule has 0 spiro atoms. The van der Waals surface area contributed by atoms with Crippen molar-refractivity contribution < 1.29 is 14.3 Å². The summed E-state index contributed by atoms with van der Waals surface area (Å²) in [6.07, 6.45) is -0.577. The van der Waals surface area contributed by atoms with Crippen LogP contribution in [0.3, 0.4) is 0 Å². The van der Waals surface area contributed by atoms with Crippen molar-refractivity contribution in [3.63, 3.8) is 0 Å². The van der Waals surface area contributed by atoms with Gasteiger partial charge in [0.05, 0.1) is 17.6 Å². The van der Waals surface area contributed by atoms with Crippen molar-refractivity contribution in [2.45, 2.75) is 6.92 Å². The molecular weight excluding hydrogens is 294 g/mol. The average molecular weight is 309 g/mol. The lowest BCUT2D eigenvalue weighted by Gasteiger charge is -2.01. The van der Waals surface area contributed by atoms with Crippen molar-refractivity contribution >= 4 is 28.9 Å². The largest absolute Gasteiger partial charge is 0.450 e. The quantitative estimate of drug-likeness (QED) is 0.724. The van der Waals surface area contributed by atoms with E-state index < -0.39 is 6.09 Å². The molecule has 0 saturated heterocycles. The predicted molar refractivity (Wildman–Crippen MR) is 86.6 cm³/mol. The molecule has 3 rings (SSSR count). The molecule has 0 aliphatic rings. The van der Waals surface area contributed by atoms with Crippen LogP contribution in [0.1, 0.15) is 22.8 Å². The molecule has 3 aromatic rings. The number of hydrogen-bond acceptors (Lipinski definition) is 4. The first-order valence-electron chi connectivity index (χ1n) is 7.20. The molecular formula is C17H15N3O3. The molecule has 0 unspecified atom stereocenters. The van der Waals surface area contributed by atoms with Gasteiger partial charge in [-0.05, 0) is 25.1 Å². The maximum absolute atomic E-state index is 12.4. The van der Waals surface area contributed by atoms with Gasteiger partial charge in [-0.2, -0.15) is 0 Å². The Balaban J connectivity index is 1.87. The number of amides is 1. The summed E-state index contributed by atoms with van der Waals surface area (Å²) in [5, 5.41) is 2.50. The number of rotatable bonds is 4.